The molecule has 4 atom stereocenters. The Morgan fingerprint density at radius 2 is 2.20 bits per heavy atom. The van der Waals surface area contributed by atoms with Gasteiger partial charge in [0, 0.05) is 18.0 Å². The molecule has 1 aliphatic heterocycles. The first-order chi connectivity index (χ1) is 9.39. The van der Waals surface area contributed by atoms with Crippen LogP contribution in [0, 0.1) is 0 Å². The lowest BCUT2D eigenvalue weighted by molar-refractivity contribution is -0.152. The number of carbonyl (C=O) groups is 1. The number of benzene rings is 1. The van der Waals surface area contributed by atoms with E-state index in [1.54, 1.807) is 6.07 Å². The molecule has 0 spiro atoms. The minimum Gasteiger partial charge on any atom is -0.504 e. The molecule has 5 heteroatoms. The zero-order valence-corrected chi connectivity index (χ0v) is 11.2. The molecule has 1 fully saturated rings. The molecule has 0 aromatic heterocycles. The molecule has 1 aromatic carbocycles. The van der Waals surface area contributed by atoms with E-state index in [4.69, 9.17) is 10.5 Å². The molecule has 0 bridgehead atoms. The van der Waals surface area contributed by atoms with Crippen molar-refractivity contribution >= 4 is 5.78 Å². The molecule has 5 nitrogen and oxygen atoms in total. The number of ether oxygens (including phenoxy) is 1. The molecule has 0 radical (unpaired) electrons. The van der Waals surface area contributed by atoms with Gasteiger partial charge >= 0.3 is 0 Å². The van der Waals surface area contributed by atoms with E-state index in [0.29, 0.717) is 18.6 Å². The van der Waals surface area contributed by atoms with Crippen molar-refractivity contribution in [2.45, 2.75) is 49.3 Å². The maximum absolute atomic E-state index is 12.2. The molecule has 3 aliphatic rings. The summed E-state index contributed by atoms with van der Waals surface area (Å²) in [4.78, 5) is 12.2. The van der Waals surface area contributed by atoms with Crippen LogP contribution in [0.5, 0.6) is 11.5 Å². The minimum atomic E-state index is -1.17. The van der Waals surface area contributed by atoms with Crippen LogP contribution in [0.15, 0.2) is 12.1 Å². The first kappa shape index (κ1) is 12.2. The molecule has 1 aromatic rings. The number of rotatable bonds is 0. The van der Waals surface area contributed by atoms with Gasteiger partial charge in [0.2, 0.25) is 0 Å². The third-order valence-electron chi connectivity index (χ3n) is 5.50. The Morgan fingerprint density at radius 3 is 2.95 bits per heavy atom. The van der Waals surface area contributed by atoms with E-state index in [1.165, 1.54) is 0 Å². The highest BCUT2D eigenvalue weighted by Crippen LogP contribution is 2.60. The van der Waals surface area contributed by atoms with Crippen molar-refractivity contribution < 1.29 is 19.7 Å². The average molecular weight is 275 g/mol. The van der Waals surface area contributed by atoms with Crippen LogP contribution in [0.1, 0.15) is 30.9 Å². The smallest absolute Gasteiger partial charge is 0.174 e. The van der Waals surface area contributed by atoms with Gasteiger partial charge in [-0.05, 0) is 31.4 Å². The van der Waals surface area contributed by atoms with Gasteiger partial charge in [-0.1, -0.05) is 6.07 Å². The van der Waals surface area contributed by atoms with Crippen molar-refractivity contribution in [2.75, 3.05) is 0 Å². The summed E-state index contributed by atoms with van der Waals surface area (Å²) in [5, 5.41) is 21.2. The summed E-state index contributed by atoms with van der Waals surface area (Å²) in [7, 11) is 0. The van der Waals surface area contributed by atoms with Crippen LogP contribution in [0.2, 0.25) is 0 Å². The maximum atomic E-state index is 12.2. The van der Waals surface area contributed by atoms with Gasteiger partial charge in [-0.25, -0.2) is 0 Å². The zero-order chi connectivity index (χ0) is 14.3. The van der Waals surface area contributed by atoms with E-state index >= 15 is 0 Å². The normalized spacial score (nSPS) is 41.2. The van der Waals surface area contributed by atoms with Crippen LogP contribution in [0.25, 0.3) is 0 Å². The Bertz CT molecular complexity index is 643. The molecular weight excluding hydrogens is 258 g/mol. The van der Waals surface area contributed by atoms with Gasteiger partial charge in [-0.15, -0.1) is 0 Å². The van der Waals surface area contributed by atoms with Crippen molar-refractivity contribution in [3.05, 3.63) is 23.3 Å². The van der Waals surface area contributed by atoms with Gasteiger partial charge < -0.3 is 20.7 Å². The van der Waals surface area contributed by atoms with Crippen LogP contribution in [0.4, 0.5) is 0 Å². The van der Waals surface area contributed by atoms with E-state index < -0.39 is 23.2 Å². The quantitative estimate of drug-likeness (QED) is 0.637. The SMILES string of the molecule is C[C@@]12c3c4ccc(O)c3OC1C(=O)CCC2(O)C(N)C4. The number of Topliss-reactive ketones (excluding diaryl/α,β-unsaturated/α-hetero) is 1. The number of hydrogen-bond donors (Lipinski definition) is 3. The predicted molar refractivity (Wildman–Crippen MR) is 70.7 cm³/mol. The number of carbonyl (C=O) groups excluding carboxylic acids is 1. The lowest BCUT2D eigenvalue weighted by Crippen LogP contribution is -2.70. The summed E-state index contributed by atoms with van der Waals surface area (Å²) >= 11 is 0. The zero-order valence-electron chi connectivity index (χ0n) is 11.2. The highest BCUT2D eigenvalue weighted by molar-refractivity contribution is 5.89. The minimum absolute atomic E-state index is 0.0185. The highest BCUT2D eigenvalue weighted by atomic mass is 16.5. The lowest BCUT2D eigenvalue weighted by atomic mass is 9.53. The summed E-state index contributed by atoms with van der Waals surface area (Å²) in [6, 6.07) is 2.94. The van der Waals surface area contributed by atoms with Gasteiger partial charge in [0.15, 0.2) is 23.4 Å². The summed E-state index contributed by atoms with van der Waals surface area (Å²) in [6.45, 7) is 1.84. The van der Waals surface area contributed by atoms with Crippen molar-refractivity contribution in [1.29, 1.82) is 0 Å². The Hall–Kier alpha value is -1.59. The molecule has 1 heterocycles. The average Bonchev–Trinajstić information content (AvgIpc) is 2.74. The van der Waals surface area contributed by atoms with Crippen molar-refractivity contribution in [1.82, 2.24) is 0 Å². The van der Waals surface area contributed by atoms with E-state index in [-0.39, 0.29) is 18.0 Å². The van der Waals surface area contributed by atoms with Crippen LogP contribution in [0.3, 0.4) is 0 Å². The number of nitrogens with two attached hydrogens (primary N) is 1. The van der Waals surface area contributed by atoms with E-state index in [2.05, 4.69) is 0 Å². The highest BCUT2D eigenvalue weighted by Gasteiger charge is 2.68. The van der Waals surface area contributed by atoms with Crippen LogP contribution in [-0.4, -0.2) is 33.7 Å². The van der Waals surface area contributed by atoms with Gasteiger partial charge in [-0.3, -0.25) is 4.79 Å². The fourth-order valence-electron chi connectivity index (χ4n) is 4.35. The summed E-state index contributed by atoms with van der Waals surface area (Å²) in [6.07, 6.45) is 0.375. The summed E-state index contributed by atoms with van der Waals surface area (Å²) < 4.78 is 5.75. The van der Waals surface area contributed by atoms with Gasteiger partial charge in [0.05, 0.1) is 11.0 Å². The van der Waals surface area contributed by atoms with Crippen molar-refractivity contribution in [2.24, 2.45) is 5.73 Å². The second-order valence-corrected chi connectivity index (χ2v) is 6.35. The van der Waals surface area contributed by atoms with E-state index in [0.717, 1.165) is 11.1 Å². The Morgan fingerprint density at radius 1 is 1.45 bits per heavy atom. The molecule has 106 valence electrons. The van der Waals surface area contributed by atoms with Gasteiger partial charge in [0.25, 0.3) is 0 Å². The van der Waals surface area contributed by atoms with Crippen molar-refractivity contribution in [3.63, 3.8) is 0 Å². The molecular formula is C15H17NO4. The second kappa shape index (κ2) is 3.35. The fraction of sp³-hybridized carbons (Fsp3) is 0.533. The molecule has 0 saturated heterocycles. The molecule has 20 heavy (non-hydrogen) atoms. The summed E-state index contributed by atoms with van der Waals surface area (Å²) in [5.41, 5.74) is 5.89. The predicted octanol–water partition coefficient (Wildman–Crippen LogP) is 0.388. The first-order valence-corrected chi connectivity index (χ1v) is 6.92. The molecule has 0 amide bonds. The first-order valence-electron chi connectivity index (χ1n) is 6.92. The number of hydrogen-bond acceptors (Lipinski definition) is 5. The third kappa shape index (κ3) is 1.07. The largest absolute Gasteiger partial charge is 0.504 e. The summed E-state index contributed by atoms with van der Waals surface area (Å²) in [5.74, 6) is 0.327. The Kier molecular flexibility index (Phi) is 2.04. The fourth-order valence-corrected chi connectivity index (χ4v) is 4.35. The van der Waals surface area contributed by atoms with E-state index in [9.17, 15) is 15.0 Å². The molecule has 1 saturated carbocycles. The number of ketones is 1. The van der Waals surface area contributed by atoms with Crippen LogP contribution >= 0.6 is 0 Å². The molecule has 2 aliphatic carbocycles. The molecule has 4 rings (SSSR count). The standard InChI is InChI=1S/C15H17NO4/c1-14-11-7-2-3-8(17)12(11)20-13(14)9(18)4-5-15(14,19)10(16)6-7/h2-3,10,13,17,19H,4-6,16H2,1H3/t10?,13?,14-,15?/m1/s1. The topological polar surface area (TPSA) is 92.8 Å². The maximum Gasteiger partial charge on any atom is 0.174 e. The van der Waals surface area contributed by atoms with Crippen molar-refractivity contribution in [3.8, 4) is 11.5 Å². The van der Waals surface area contributed by atoms with Gasteiger partial charge in [0.1, 0.15) is 0 Å². The monoisotopic (exact) mass is 275 g/mol. The molecule has 4 N–H and O–H groups in total. The van der Waals surface area contributed by atoms with Crippen LogP contribution in [-0.2, 0) is 16.6 Å². The van der Waals surface area contributed by atoms with Gasteiger partial charge in [-0.2, -0.15) is 0 Å². The Balaban J connectivity index is 2.07. The number of phenolic OH excluding ortho intramolecular Hbond substituents is 1. The number of aliphatic hydroxyl groups is 1. The number of aromatic hydroxyl groups is 1. The third-order valence-corrected chi connectivity index (χ3v) is 5.50. The van der Waals surface area contributed by atoms with Crippen LogP contribution < -0.4 is 10.5 Å². The van der Waals surface area contributed by atoms with E-state index in [1.807, 2.05) is 13.0 Å². The second-order valence-electron chi connectivity index (χ2n) is 6.35. The lowest BCUT2D eigenvalue weighted by Gasteiger charge is -2.53. The Labute approximate surface area is 116 Å². The molecule has 3 unspecified atom stereocenters. The number of phenols is 1.